The predicted molar refractivity (Wildman–Crippen MR) is 125 cm³/mol. The van der Waals surface area contributed by atoms with Crippen molar-refractivity contribution < 1.29 is 22.8 Å². The molecule has 35 heavy (non-hydrogen) atoms. The molecule has 5 aliphatic rings. The zero-order valence-electron chi connectivity index (χ0n) is 20.3. The summed E-state index contributed by atoms with van der Waals surface area (Å²) in [5, 5.41) is 10.5. The SMILES string of the molecule is CC1CC(CN2C(=O)N(CC3CNN(C)C3)C(=O)C3CC(S(=O)(=O)NC4(C#N)CC4)CCC32)ON1. The van der Waals surface area contributed by atoms with Gasteiger partial charge in [0.15, 0.2) is 0 Å². The minimum absolute atomic E-state index is 0.103. The lowest BCUT2D eigenvalue weighted by Gasteiger charge is -2.49. The lowest BCUT2D eigenvalue weighted by molar-refractivity contribution is -0.141. The van der Waals surface area contributed by atoms with Gasteiger partial charge < -0.3 is 4.90 Å². The fraction of sp³-hybridized carbons (Fsp3) is 0.864. The highest BCUT2D eigenvalue weighted by molar-refractivity contribution is 7.90. The third-order valence-corrected chi connectivity index (χ3v) is 10.0. The first-order valence-electron chi connectivity index (χ1n) is 12.5. The molecule has 3 saturated heterocycles. The number of hydrogen-bond acceptors (Lipinski definition) is 9. The molecule has 3 amide bonds. The van der Waals surface area contributed by atoms with E-state index >= 15 is 0 Å². The number of rotatable bonds is 7. The number of fused-ring (bicyclic) bond motifs is 1. The van der Waals surface area contributed by atoms with Crippen molar-refractivity contribution in [3.63, 3.8) is 0 Å². The number of sulfonamides is 1. The van der Waals surface area contributed by atoms with Crippen LogP contribution < -0.4 is 15.6 Å². The Morgan fingerprint density at radius 2 is 2.00 bits per heavy atom. The second-order valence-electron chi connectivity index (χ2n) is 10.9. The number of nitriles is 1. The Morgan fingerprint density at radius 1 is 1.23 bits per heavy atom. The zero-order chi connectivity index (χ0) is 25.0. The minimum atomic E-state index is -3.77. The molecule has 5 rings (SSSR count). The van der Waals surface area contributed by atoms with Crippen LogP contribution >= 0.6 is 0 Å². The molecule has 0 bridgehead atoms. The van der Waals surface area contributed by atoms with Crippen LogP contribution in [0.5, 0.6) is 0 Å². The lowest BCUT2D eigenvalue weighted by atomic mass is 9.80. The molecule has 3 N–H and O–H groups in total. The van der Waals surface area contributed by atoms with Crippen molar-refractivity contribution >= 4 is 22.0 Å². The average Bonchev–Trinajstić information content (AvgIpc) is 3.26. The fourth-order valence-electron chi connectivity index (χ4n) is 5.94. The molecular weight excluding hydrogens is 474 g/mol. The molecule has 0 spiro atoms. The van der Waals surface area contributed by atoms with Crippen molar-refractivity contribution in [3.8, 4) is 6.07 Å². The van der Waals surface area contributed by atoms with Gasteiger partial charge in [-0.15, -0.1) is 0 Å². The molecule has 3 heterocycles. The number of hydrogen-bond donors (Lipinski definition) is 3. The van der Waals surface area contributed by atoms with Crippen LogP contribution in [0.25, 0.3) is 0 Å². The molecule has 13 heteroatoms. The number of carbonyl (C=O) groups excluding carboxylic acids is 2. The molecular formula is C22H35N7O5S. The summed E-state index contributed by atoms with van der Waals surface area (Å²) in [6.45, 7) is 4.05. The highest BCUT2D eigenvalue weighted by Gasteiger charge is 2.54. The molecule has 5 fully saturated rings. The maximum Gasteiger partial charge on any atom is 0.327 e. The standard InChI is InChI=1S/C22H35N7O5S/c1-14-7-16(34-25-14)12-28-19-4-3-17(35(32,33)26-22(13-23)5-6-22)8-18(19)20(30)29(21(28)31)11-15-9-24-27(2)10-15/h14-19,24-26H,3-12H2,1-2H3. The van der Waals surface area contributed by atoms with Crippen LogP contribution in [-0.2, 0) is 19.7 Å². The first kappa shape index (κ1) is 24.9. The van der Waals surface area contributed by atoms with Gasteiger partial charge in [-0.05, 0) is 45.4 Å². The fourth-order valence-corrected chi connectivity index (χ4v) is 7.81. The predicted octanol–water partition coefficient (Wildman–Crippen LogP) is -0.488. The third-order valence-electron chi connectivity index (χ3n) is 8.04. The summed E-state index contributed by atoms with van der Waals surface area (Å²) in [6, 6.07) is 1.58. The summed E-state index contributed by atoms with van der Waals surface area (Å²) in [7, 11) is -1.85. The van der Waals surface area contributed by atoms with Gasteiger partial charge in [0.2, 0.25) is 15.9 Å². The largest absolute Gasteiger partial charge is 0.327 e. The molecule has 194 valence electrons. The topological polar surface area (TPSA) is 147 Å². The Labute approximate surface area is 206 Å². The summed E-state index contributed by atoms with van der Waals surface area (Å²) < 4.78 is 28.9. The van der Waals surface area contributed by atoms with Gasteiger partial charge in [-0.3, -0.25) is 20.0 Å². The van der Waals surface area contributed by atoms with E-state index < -0.39 is 26.7 Å². The van der Waals surface area contributed by atoms with Crippen LogP contribution in [0, 0.1) is 23.2 Å². The Balaban J connectivity index is 1.36. The molecule has 0 aromatic carbocycles. The van der Waals surface area contributed by atoms with Gasteiger partial charge >= 0.3 is 6.03 Å². The van der Waals surface area contributed by atoms with Crippen LogP contribution in [0.2, 0.25) is 0 Å². The number of hydroxylamine groups is 1. The highest BCUT2D eigenvalue weighted by atomic mass is 32.2. The van der Waals surface area contributed by atoms with Crippen LogP contribution in [0.4, 0.5) is 4.79 Å². The van der Waals surface area contributed by atoms with Crippen molar-refractivity contribution in [1.82, 2.24) is 30.4 Å². The van der Waals surface area contributed by atoms with E-state index in [1.54, 1.807) is 4.90 Å². The van der Waals surface area contributed by atoms with Crippen molar-refractivity contribution in [1.29, 1.82) is 5.26 Å². The van der Waals surface area contributed by atoms with E-state index in [1.807, 2.05) is 19.0 Å². The normalized spacial score (nSPS) is 37.4. The number of carbonyl (C=O) groups is 2. The molecule has 3 aliphatic heterocycles. The highest BCUT2D eigenvalue weighted by Crippen LogP contribution is 2.40. The lowest BCUT2D eigenvalue weighted by Crippen LogP contribution is -2.65. The Kier molecular flexibility index (Phi) is 6.56. The van der Waals surface area contributed by atoms with Gasteiger partial charge in [-0.2, -0.15) is 15.5 Å². The smallest absolute Gasteiger partial charge is 0.318 e. The first-order valence-corrected chi connectivity index (χ1v) is 14.1. The van der Waals surface area contributed by atoms with Crippen molar-refractivity contribution in [2.24, 2.45) is 11.8 Å². The number of urea groups is 1. The van der Waals surface area contributed by atoms with Crippen LogP contribution in [0.15, 0.2) is 0 Å². The molecule has 6 unspecified atom stereocenters. The Bertz CT molecular complexity index is 1010. The quantitative estimate of drug-likeness (QED) is 0.414. The molecule has 2 saturated carbocycles. The van der Waals surface area contributed by atoms with Gasteiger partial charge in [-0.25, -0.2) is 18.2 Å². The van der Waals surface area contributed by atoms with Gasteiger partial charge in [0.05, 0.1) is 29.9 Å². The second-order valence-corrected chi connectivity index (χ2v) is 12.9. The Morgan fingerprint density at radius 3 is 2.60 bits per heavy atom. The van der Waals surface area contributed by atoms with Crippen molar-refractivity contribution in [2.45, 2.75) is 74.4 Å². The van der Waals surface area contributed by atoms with E-state index in [1.165, 1.54) is 4.90 Å². The number of nitrogens with zero attached hydrogens (tertiary/aromatic N) is 4. The minimum Gasteiger partial charge on any atom is -0.318 e. The molecule has 2 aliphatic carbocycles. The maximum atomic E-state index is 13.6. The number of hydrazine groups is 1. The van der Waals surface area contributed by atoms with Gasteiger partial charge in [0, 0.05) is 44.7 Å². The summed E-state index contributed by atoms with van der Waals surface area (Å²) in [5.74, 6) is -0.782. The molecule has 12 nitrogen and oxygen atoms in total. The molecule has 0 aromatic heterocycles. The van der Waals surface area contributed by atoms with Gasteiger partial charge in [0.25, 0.3) is 0 Å². The average molecular weight is 510 g/mol. The van der Waals surface area contributed by atoms with Crippen molar-refractivity contribution in [3.05, 3.63) is 0 Å². The van der Waals surface area contributed by atoms with Crippen LogP contribution in [0.3, 0.4) is 0 Å². The number of imide groups is 1. The molecule has 6 atom stereocenters. The summed E-state index contributed by atoms with van der Waals surface area (Å²) in [4.78, 5) is 36.0. The number of nitrogens with one attached hydrogen (secondary N) is 3. The maximum absolute atomic E-state index is 13.6. The number of amides is 3. The third kappa shape index (κ3) is 4.92. The van der Waals surface area contributed by atoms with E-state index in [4.69, 9.17) is 4.84 Å². The molecule has 0 radical (unpaired) electrons. The van der Waals surface area contributed by atoms with Gasteiger partial charge in [-0.1, -0.05) is 0 Å². The van der Waals surface area contributed by atoms with Crippen LogP contribution in [0.1, 0.15) is 45.4 Å². The first-order chi connectivity index (χ1) is 16.6. The van der Waals surface area contributed by atoms with E-state index in [9.17, 15) is 23.3 Å². The van der Waals surface area contributed by atoms with E-state index in [0.717, 1.165) is 13.0 Å². The Hall–Kier alpha value is -1.82. The van der Waals surface area contributed by atoms with Crippen molar-refractivity contribution in [2.75, 3.05) is 33.2 Å². The monoisotopic (exact) mass is 509 g/mol. The summed E-state index contributed by atoms with van der Waals surface area (Å²) in [6.07, 6.45) is 2.49. The van der Waals surface area contributed by atoms with Crippen LogP contribution in [-0.4, -0.2) is 97.4 Å². The summed E-state index contributed by atoms with van der Waals surface area (Å²) in [5.41, 5.74) is 5.16. The van der Waals surface area contributed by atoms with E-state index in [-0.39, 0.29) is 42.5 Å². The second kappa shape index (κ2) is 9.24. The van der Waals surface area contributed by atoms with Gasteiger partial charge in [0.1, 0.15) is 5.54 Å². The molecule has 0 aromatic rings. The summed E-state index contributed by atoms with van der Waals surface area (Å²) >= 11 is 0. The van der Waals surface area contributed by atoms with E-state index in [2.05, 4.69) is 21.7 Å². The van der Waals surface area contributed by atoms with E-state index in [0.29, 0.717) is 45.3 Å². The zero-order valence-corrected chi connectivity index (χ0v) is 21.1.